The molecule has 0 aliphatic heterocycles. The Morgan fingerprint density at radius 2 is 1.76 bits per heavy atom. The molecule has 0 aliphatic rings. The Labute approximate surface area is 220 Å². The number of rotatable bonds is 14. The fraction of sp³-hybridized carbons (Fsp3) is 0.480. The number of aryl methyl sites for hydroxylation is 1. The second-order valence-corrected chi connectivity index (χ2v) is 11.4. The lowest BCUT2D eigenvalue weighted by Gasteiger charge is -2.26. The third kappa shape index (κ3) is 9.75. The molecule has 0 fully saturated rings. The molecule has 37 heavy (non-hydrogen) atoms. The van der Waals surface area contributed by atoms with Gasteiger partial charge in [0.05, 0.1) is 11.5 Å². The molecule has 0 heterocycles. The van der Waals surface area contributed by atoms with Crippen molar-refractivity contribution >= 4 is 27.8 Å². The molecule has 0 bridgehead atoms. The molecular weight excluding hydrogens is 531 g/mol. The molecule has 2 rings (SSSR count). The van der Waals surface area contributed by atoms with Crippen LogP contribution in [0.15, 0.2) is 52.3 Å². The first-order valence-electron chi connectivity index (χ1n) is 11.8. The molecular formula is C25H32F3NO6S2. The number of esters is 1. The van der Waals surface area contributed by atoms with Crippen molar-refractivity contribution in [3.8, 4) is 11.5 Å². The van der Waals surface area contributed by atoms with Gasteiger partial charge in [-0.2, -0.15) is 4.31 Å². The summed E-state index contributed by atoms with van der Waals surface area (Å²) in [5, 5.41) is -0.0835. The average molecular weight is 564 g/mol. The SMILES string of the molecule is CCCN(CC(CC)Sc1ccc(OCC(=O)OCC)c(C)c1)S(=O)(=O)c1ccc(OC(F)(F)F)cc1. The molecule has 0 saturated heterocycles. The van der Waals surface area contributed by atoms with E-state index in [2.05, 4.69) is 4.74 Å². The highest BCUT2D eigenvalue weighted by molar-refractivity contribution is 8.00. The molecule has 1 atom stereocenters. The normalized spacial score (nSPS) is 12.9. The molecule has 0 amide bonds. The first-order valence-corrected chi connectivity index (χ1v) is 14.1. The molecule has 0 N–H and O–H groups in total. The summed E-state index contributed by atoms with van der Waals surface area (Å²) in [6, 6.07) is 9.73. The number of hydrogen-bond acceptors (Lipinski definition) is 7. The lowest BCUT2D eigenvalue weighted by Crippen LogP contribution is -2.37. The van der Waals surface area contributed by atoms with Crippen LogP contribution in [0.5, 0.6) is 11.5 Å². The van der Waals surface area contributed by atoms with Crippen LogP contribution >= 0.6 is 11.8 Å². The average Bonchev–Trinajstić information content (AvgIpc) is 2.82. The van der Waals surface area contributed by atoms with Crippen LogP contribution in [-0.2, 0) is 19.6 Å². The predicted molar refractivity (Wildman–Crippen MR) is 135 cm³/mol. The molecule has 2 aromatic carbocycles. The second-order valence-electron chi connectivity index (χ2n) is 8.05. The number of benzene rings is 2. The Kier molecular flexibility index (Phi) is 11.6. The van der Waals surface area contributed by atoms with Gasteiger partial charge in [-0.1, -0.05) is 13.8 Å². The van der Waals surface area contributed by atoms with Gasteiger partial charge in [-0.15, -0.1) is 24.9 Å². The molecule has 0 aliphatic carbocycles. The van der Waals surface area contributed by atoms with E-state index in [1.54, 1.807) is 13.0 Å². The van der Waals surface area contributed by atoms with Crippen molar-refractivity contribution < 1.29 is 40.6 Å². The van der Waals surface area contributed by atoms with Gasteiger partial charge in [0, 0.05) is 23.2 Å². The molecule has 0 saturated carbocycles. The number of sulfonamides is 1. The lowest BCUT2D eigenvalue weighted by molar-refractivity contribution is -0.274. The van der Waals surface area contributed by atoms with Crippen LogP contribution in [0.2, 0.25) is 0 Å². The van der Waals surface area contributed by atoms with Gasteiger partial charge in [0.25, 0.3) is 0 Å². The highest BCUT2D eigenvalue weighted by Crippen LogP contribution is 2.32. The Bertz CT molecular complexity index is 1120. The van der Waals surface area contributed by atoms with E-state index in [1.165, 1.54) is 16.1 Å². The van der Waals surface area contributed by atoms with Crippen molar-refractivity contribution in [1.82, 2.24) is 4.31 Å². The van der Waals surface area contributed by atoms with Crippen LogP contribution in [0.1, 0.15) is 39.2 Å². The maximum atomic E-state index is 13.3. The van der Waals surface area contributed by atoms with E-state index >= 15 is 0 Å². The van der Waals surface area contributed by atoms with Crippen molar-refractivity contribution in [3.63, 3.8) is 0 Å². The summed E-state index contributed by atoms with van der Waals surface area (Å²) < 4.78 is 79.5. The summed E-state index contributed by atoms with van der Waals surface area (Å²) >= 11 is 1.52. The van der Waals surface area contributed by atoms with Gasteiger partial charge < -0.3 is 14.2 Å². The summed E-state index contributed by atoms with van der Waals surface area (Å²) in [7, 11) is -3.94. The van der Waals surface area contributed by atoms with Gasteiger partial charge in [-0.25, -0.2) is 13.2 Å². The number of hydrogen-bond donors (Lipinski definition) is 0. The van der Waals surface area contributed by atoms with Gasteiger partial charge >= 0.3 is 12.3 Å². The minimum atomic E-state index is -4.86. The predicted octanol–water partition coefficient (Wildman–Crippen LogP) is 5.81. The fourth-order valence-corrected chi connectivity index (χ4v) is 6.26. The Balaban J connectivity index is 2.13. The van der Waals surface area contributed by atoms with Gasteiger partial charge in [0.15, 0.2) is 6.61 Å². The second kappa shape index (κ2) is 13.9. The Hall–Kier alpha value is -2.44. The summed E-state index contributed by atoms with van der Waals surface area (Å²) in [6.45, 7) is 7.96. The van der Waals surface area contributed by atoms with Crippen molar-refractivity contribution in [2.24, 2.45) is 0 Å². The number of carbonyl (C=O) groups excluding carboxylic acids is 1. The third-order valence-electron chi connectivity index (χ3n) is 5.13. The van der Waals surface area contributed by atoms with E-state index in [-0.39, 0.29) is 36.4 Å². The zero-order chi connectivity index (χ0) is 27.6. The van der Waals surface area contributed by atoms with E-state index in [9.17, 15) is 26.4 Å². The van der Waals surface area contributed by atoms with Crippen LogP contribution in [-0.4, -0.2) is 56.6 Å². The number of ether oxygens (including phenoxy) is 3. The minimum Gasteiger partial charge on any atom is -0.482 e. The maximum absolute atomic E-state index is 13.3. The Morgan fingerprint density at radius 1 is 1.08 bits per heavy atom. The van der Waals surface area contributed by atoms with Crippen LogP contribution in [0, 0.1) is 6.92 Å². The summed E-state index contributed by atoms with van der Waals surface area (Å²) in [4.78, 5) is 12.3. The van der Waals surface area contributed by atoms with Crippen LogP contribution < -0.4 is 9.47 Å². The Morgan fingerprint density at radius 3 is 2.30 bits per heavy atom. The maximum Gasteiger partial charge on any atom is 0.573 e. The smallest absolute Gasteiger partial charge is 0.482 e. The van der Waals surface area contributed by atoms with Crippen LogP contribution in [0.3, 0.4) is 0 Å². The van der Waals surface area contributed by atoms with Crippen molar-refractivity contribution in [2.75, 3.05) is 26.3 Å². The van der Waals surface area contributed by atoms with Gasteiger partial charge in [-0.3, -0.25) is 0 Å². The molecule has 1 unspecified atom stereocenters. The zero-order valence-corrected chi connectivity index (χ0v) is 22.8. The first-order chi connectivity index (χ1) is 17.4. The first kappa shape index (κ1) is 30.8. The summed E-state index contributed by atoms with van der Waals surface area (Å²) in [6.07, 6.45) is -3.61. The highest BCUT2D eigenvalue weighted by atomic mass is 32.2. The van der Waals surface area contributed by atoms with Gasteiger partial charge in [-0.05, 0) is 74.7 Å². The van der Waals surface area contributed by atoms with E-state index in [0.717, 1.165) is 34.7 Å². The molecule has 206 valence electrons. The monoisotopic (exact) mass is 563 g/mol. The standard InChI is InChI=1S/C25H32F3NO6S2/c1-5-14-29(37(31,32)22-11-8-19(9-12-22)35-25(26,27)28)16-20(6-2)36-21-10-13-23(18(4)15-21)34-17-24(30)33-7-3/h8-13,15,20H,5-7,14,16-17H2,1-4H3. The minimum absolute atomic E-state index is 0.0835. The van der Waals surface area contributed by atoms with Crippen LogP contribution in [0.4, 0.5) is 13.2 Å². The zero-order valence-electron chi connectivity index (χ0n) is 21.2. The molecule has 12 heteroatoms. The third-order valence-corrected chi connectivity index (χ3v) is 8.35. The summed E-state index contributed by atoms with van der Waals surface area (Å²) in [5.74, 6) is -0.384. The molecule has 2 aromatic rings. The van der Waals surface area contributed by atoms with Gasteiger partial charge in [0.2, 0.25) is 10.0 Å². The number of nitrogens with zero attached hydrogens (tertiary/aromatic N) is 1. The molecule has 0 aromatic heterocycles. The lowest BCUT2D eigenvalue weighted by atomic mass is 10.2. The van der Waals surface area contributed by atoms with Crippen molar-refractivity contribution in [3.05, 3.63) is 48.0 Å². The van der Waals surface area contributed by atoms with E-state index in [0.29, 0.717) is 18.6 Å². The van der Waals surface area contributed by atoms with Crippen LogP contribution in [0.25, 0.3) is 0 Å². The largest absolute Gasteiger partial charge is 0.573 e. The highest BCUT2D eigenvalue weighted by Gasteiger charge is 2.32. The fourth-order valence-electron chi connectivity index (χ4n) is 3.39. The topological polar surface area (TPSA) is 82.1 Å². The number of alkyl halides is 3. The number of thioether (sulfide) groups is 1. The number of halogens is 3. The number of carbonyl (C=O) groups is 1. The molecule has 7 nitrogen and oxygen atoms in total. The van der Waals surface area contributed by atoms with Crippen molar-refractivity contribution in [2.45, 2.75) is 61.9 Å². The molecule has 0 radical (unpaired) electrons. The molecule has 0 spiro atoms. The van der Waals surface area contributed by atoms with E-state index in [1.807, 2.05) is 32.9 Å². The summed E-state index contributed by atoms with van der Waals surface area (Å²) in [5.41, 5.74) is 0.823. The quantitative estimate of drug-likeness (QED) is 0.212. The van der Waals surface area contributed by atoms with Gasteiger partial charge in [0.1, 0.15) is 11.5 Å². The van der Waals surface area contributed by atoms with E-state index in [4.69, 9.17) is 9.47 Å². The van der Waals surface area contributed by atoms with E-state index < -0.39 is 28.1 Å². The van der Waals surface area contributed by atoms with Crippen molar-refractivity contribution in [1.29, 1.82) is 0 Å².